The maximum atomic E-state index is 12.1. The third-order valence-corrected chi connectivity index (χ3v) is 3.73. The summed E-state index contributed by atoms with van der Waals surface area (Å²) < 4.78 is 5.26. The third kappa shape index (κ3) is 4.89. The molecule has 0 aliphatic heterocycles. The summed E-state index contributed by atoms with van der Waals surface area (Å²) in [6.07, 6.45) is 0.350. The molecule has 0 aliphatic rings. The van der Waals surface area contributed by atoms with Gasteiger partial charge < -0.3 is 15.4 Å². The standard InChI is InChI=1S/C18H21ClN2O2/c1-12-4-7-17(23-3)16(10-12)21-18(22)8-9-20-15-11-14(19)6-5-13(15)2/h4-7,10-11,20H,8-9H2,1-3H3,(H,21,22). The molecule has 0 fully saturated rings. The lowest BCUT2D eigenvalue weighted by Crippen LogP contribution is -2.17. The van der Waals surface area contributed by atoms with E-state index in [1.54, 1.807) is 7.11 Å². The molecule has 2 aromatic rings. The zero-order valence-electron chi connectivity index (χ0n) is 13.6. The van der Waals surface area contributed by atoms with Crippen LogP contribution in [-0.2, 0) is 4.79 Å². The van der Waals surface area contributed by atoms with E-state index in [-0.39, 0.29) is 5.91 Å². The van der Waals surface area contributed by atoms with E-state index < -0.39 is 0 Å². The number of halogens is 1. The average molecular weight is 333 g/mol. The van der Waals surface area contributed by atoms with Crippen LogP contribution in [0.1, 0.15) is 17.5 Å². The van der Waals surface area contributed by atoms with Gasteiger partial charge in [-0.25, -0.2) is 0 Å². The Bertz CT molecular complexity index is 701. The predicted molar refractivity (Wildman–Crippen MR) is 95.7 cm³/mol. The topological polar surface area (TPSA) is 50.4 Å². The number of ether oxygens (including phenoxy) is 1. The van der Waals surface area contributed by atoms with Gasteiger partial charge in [0.15, 0.2) is 0 Å². The van der Waals surface area contributed by atoms with Crippen molar-refractivity contribution in [2.75, 3.05) is 24.3 Å². The molecular formula is C18H21ClN2O2. The van der Waals surface area contributed by atoms with Crippen LogP contribution in [0, 0.1) is 13.8 Å². The first-order chi connectivity index (χ1) is 11.0. The lowest BCUT2D eigenvalue weighted by atomic mass is 10.2. The van der Waals surface area contributed by atoms with E-state index in [4.69, 9.17) is 16.3 Å². The minimum Gasteiger partial charge on any atom is -0.495 e. The number of benzene rings is 2. The second-order valence-corrected chi connectivity index (χ2v) is 5.82. The quantitative estimate of drug-likeness (QED) is 0.824. The van der Waals surface area contributed by atoms with E-state index in [2.05, 4.69) is 10.6 Å². The summed E-state index contributed by atoms with van der Waals surface area (Å²) in [5.74, 6) is 0.587. The minimum absolute atomic E-state index is 0.0684. The first kappa shape index (κ1) is 17.2. The van der Waals surface area contributed by atoms with Gasteiger partial charge in [-0.15, -0.1) is 0 Å². The van der Waals surface area contributed by atoms with Crippen LogP contribution in [0.2, 0.25) is 5.02 Å². The maximum Gasteiger partial charge on any atom is 0.226 e. The van der Waals surface area contributed by atoms with Gasteiger partial charge in [-0.05, 0) is 49.2 Å². The summed E-state index contributed by atoms with van der Waals surface area (Å²) in [4.78, 5) is 12.1. The summed E-state index contributed by atoms with van der Waals surface area (Å²) in [6, 6.07) is 11.3. The number of aryl methyl sites for hydroxylation is 2. The second-order valence-electron chi connectivity index (χ2n) is 5.39. The number of hydrogen-bond donors (Lipinski definition) is 2. The van der Waals surface area contributed by atoms with Crippen LogP contribution in [0.3, 0.4) is 0 Å². The molecule has 0 spiro atoms. The van der Waals surface area contributed by atoms with Gasteiger partial charge in [0.25, 0.3) is 0 Å². The van der Waals surface area contributed by atoms with E-state index in [1.165, 1.54) is 0 Å². The second kappa shape index (κ2) is 7.88. The van der Waals surface area contributed by atoms with Crippen LogP contribution in [0.15, 0.2) is 36.4 Å². The number of amides is 1. The van der Waals surface area contributed by atoms with Crippen molar-refractivity contribution in [3.05, 3.63) is 52.5 Å². The molecule has 4 nitrogen and oxygen atoms in total. The molecule has 2 N–H and O–H groups in total. The van der Waals surface area contributed by atoms with Gasteiger partial charge in [-0.3, -0.25) is 4.79 Å². The van der Waals surface area contributed by atoms with Crippen molar-refractivity contribution in [3.8, 4) is 5.75 Å². The highest BCUT2D eigenvalue weighted by atomic mass is 35.5. The summed E-state index contributed by atoms with van der Waals surface area (Å²) in [5.41, 5.74) is 3.79. The normalized spacial score (nSPS) is 10.3. The van der Waals surface area contributed by atoms with Crippen LogP contribution in [0.5, 0.6) is 5.75 Å². The van der Waals surface area contributed by atoms with E-state index in [1.807, 2.05) is 50.2 Å². The van der Waals surface area contributed by atoms with Crippen molar-refractivity contribution in [1.29, 1.82) is 0 Å². The highest BCUT2D eigenvalue weighted by Crippen LogP contribution is 2.25. The van der Waals surface area contributed by atoms with Crippen LogP contribution in [0.4, 0.5) is 11.4 Å². The first-order valence-electron chi connectivity index (χ1n) is 7.44. The van der Waals surface area contributed by atoms with Gasteiger partial charge in [0.2, 0.25) is 5.91 Å². The molecule has 1 amide bonds. The zero-order valence-corrected chi connectivity index (χ0v) is 14.3. The predicted octanol–water partition coefficient (Wildman–Crippen LogP) is 4.41. The summed E-state index contributed by atoms with van der Waals surface area (Å²) in [6.45, 7) is 4.50. The number of methoxy groups -OCH3 is 1. The molecule has 2 rings (SSSR count). The van der Waals surface area contributed by atoms with Gasteiger partial charge >= 0.3 is 0 Å². The molecule has 23 heavy (non-hydrogen) atoms. The van der Waals surface area contributed by atoms with E-state index in [0.29, 0.717) is 29.4 Å². The van der Waals surface area contributed by atoms with Crippen molar-refractivity contribution in [2.24, 2.45) is 0 Å². The fourth-order valence-corrected chi connectivity index (χ4v) is 2.40. The molecule has 0 unspecified atom stereocenters. The maximum absolute atomic E-state index is 12.1. The SMILES string of the molecule is COc1ccc(C)cc1NC(=O)CCNc1cc(Cl)ccc1C. The Hall–Kier alpha value is -2.20. The van der Waals surface area contributed by atoms with E-state index in [0.717, 1.165) is 16.8 Å². The van der Waals surface area contributed by atoms with Crippen molar-refractivity contribution in [1.82, 2.24) is 0 Å². The molecular weight excluding hydrogens is 312 g/mol. The van der Waals surface area contributed by atoms with Gasteiger partial charge in [-0.2, -0.15) is 0 Å². The Morgan fingerprint density at radius 1 is 1.13 bits per heavy atom. The highest BCUT2D eigenvalue weighted by Gasteiger charge is 2.08. The molecule has 0 aromatic heterocycles. The van der Waals surface area contributed by atoms with Crippen LogP contribution < -0.4 is 15.4 Å². The molecule has 5 heteroatoms. The summed E-state index contributed by atoms with van der Waals surface area (Å²) in [5, 5.41) is 6.79. The van der Waals surface area contributed by atoms with Crippen LogP contribution in [-0.4, -0.2) is 19.6 Å². The third-order valence-electron chi connectivity index (χ3n) is 3.50. The number of hydrogen-bond acceptors (Lipinski definition) is 3. The van der Waals surface area contributed by atoms with Gasteiger partial charge in [0.05, 0.1) is 12.8 Å². The largest absolute Gasteiger partial charge is 0.495 e. The number of rotatable bonds is 6. The monoisotopic (exact) mass is 332 g/mol. The van der Waals surface area contributed by atoms with Gasteiger partial charge in [-0.1, -0.05) is 23.7 Å². The van der Waals surface area contributed by atoms with E-state index in [9.17, 15) is 4.79 Å². The highest BCUT2D eigenvalue weighted by molar-refractivity contribution is 6.30. The van der Waals surface area contributed by atoms with Gasteiger partial charge in [0.1, 0.15) is 5.75 Å². The fourth-order valence-electron chi connectivity index (χ4n) is 2.23. The molecule has 0 radical (unpaired) electrons. The molecule has 0 bridgehead atoms. The van der Waals surface area contributed by atoms with Crippen molar-refractivity contribution >= 4 is 28.9 Å². The molecule has 122 valence electrons. The Morgan fingerprint density at radius 2 is 1.91 bits per heavy atom. The van der Waals surface area contributed by atoms with Gasteiger partial charge in [0, 0.05) is 23.7 Å². The summed E-state index contributed by atoms with van der Waals surface area (Å²) in [7, 11) is 1.59. The molecule has 0 aliphatic carbocycles. The summed E-state index contributed by atoms with van der Waals surface area (Å²) >= 11 is 5.98. The Labute approximate surface area is 141 Å². The van der Waals surface area contributed by atoms with Crippen molar-refractivity contribution < 1.29 is 9.53 Å². The molecule has 0 atom stereocenters. The van der Waals surface area contributed by atoms with Crippen molar-refractivity contribution in [2.45, 2.75) is 20.3 Å². The zero-order chi connectivity index (χ0) is 16.8. The Morgan fingerprint density at radius 3 is 2.65 bits per heavy atom. The Balaban J connectivity index is 1.91. The minimum atomic E-state index is -0.0684. The lowest BCUT2D eigenvalue weighted by molar-refractivity contribution is -0.116. The first-order valence-corrected chi connectivity index (χ1v) is 7.82. The molecule has 0 heterocycles. The smallest absolute Gasteiger partial charge is 0.226 e. The number of anilines is 2. The fraction of sp³-hybridized carbons (Fsp3) is 0.278. The number of carbonyl (C=O) groups is 1. The molecule has 0 saturated carbocycles. The number of carbonyl (C=O) groups excluding carboxylic acids is 1. The van der Waals surface area contributed by atoms with Crippen LogP contribution >= 0.6 is 11.6 Å². The van der Waals surface area contributed by atoms with Crippen LogP contribution in [0.25, 0.3) is 0 Å². The average Bonchev–Trinajstić information content (AvgIpc) is 2.51. The molecule has 0 saturated heterocycles. The van der Waals surface area contributed by atoms with Crippen molar-refractivity contribution in [3.63, 3.8) is 0 Å². The van der Waals surface area contributed by atoms with E-state index >= 15 is 0 Å². The molecule has 2 aromatic carbocycles. The Kier molecular flexibility index (Phi) is 5.88. The number of nitrogens with one attached hydrogen (secondary N) is 2. The lowest BCUT2D eigenvalue weighted by Gasteiger charge is -2.12.